The van der Waals surface area contributed by atoms with Crippen molar-refractivity contribution in [2.45, 2.75) is 13.5 Å². The molecule has 0 fully saturated rings. The Bertz CT molecular complexity index is 1210. The van der Waals surface area contributed by atoms with Crippen molar-refractivity contribution in [2.75, 3.05) is 7.11 Å². The summed E-state index contributed by atoms with van der Waals surface area (Å²) in [6, 6.07) is 13.8. The first-order valence-corrected chi connectivity index (χ1v) is 10.2. The van der Waals surface area contributed by atoms with Crippen LogP contribution < -0.4 is 10.1 Å². The summed E-state index contributed by atoms with van der Waals surface area (Å²) in [5, 5.41) is 2.91. The van der Waals surface area contributed by atoms with Gasteiger partial charge >= 0.3 is 0 Å². The van der Waals surface area contributed by atoms with E-state index in [0.29, 0.717) is 6.54 Å². The van der Waals surface area contributed by atoms with Gasteiger partial charge in [0.05, 0.1) is 19.3 Å². The maximum Gasteiger partial charge on any atom is 0.244 e. The summed E-state index contributed by atoms with van der Waals surface area (Å²) >= 11 is 1.53. The topological polar surface area (TPSA) is 55.6 Å². The van der Waals surface area contributed by atoms with Crippen LogP contribution in [0.5, 0.6) is 5.75 Å². The molecule has 152 valence electrons. The number of imidazole rings is 1. The molecule has 0 saturated heterocycles. The highest BCUT2D eigenvalue weighted by atomic mass is 32.1. The zero-order valence-electron chi connectivity index (χ0n) is 16.6. The van der Waals surface area contributed by atoms with Crippen LogP contribution in [0.4, 0.5) is 4.39 Å². The van der Waals surface area contributed by atoms with Gasteiger partial charge in [-0.05, 0) is 55.0 Å². The molecule has 1 amide bonds. The monoisotopic (exact) mass is 421 g/mol. The number of carbonyl (C=O) groups excluding carboxylic acids is 1. The number of hydrogen-bond donors (Lipinski definition) is 1. The Hall–Kier alpha value is -3.45. The molecule has 0 radical (unpaired) electrons. The molecule has 0 aliphatic rings. The summed E-state index contributed by atoms with van der Waals surface area (Å²) in [6.45, 7) is 2.42. The maximum atomic E-state index is 13.1. The number of nitrogens with zero attached hydrogens (tertiary/aromatic N) is 2. The molecule has 0 aliphatic heterocycles. The number of ether oxygens (including phenoxy) is 1. The van der Waals surface area contributed by atoms with E-state index in [-0.39, 0.29) is 11.7 Å². The molecule has 0 saturated carbocycles. The Morgan fingerprint density at radius 2 is 1.93 bits per heavy atom. The number of amides is 1. The predicted molar refractivity (Wildman–Crippen MR) is 117 cm³/mol. The second-order valence-electron chi connectivity index (χ2n) is 6.72. The maximum absolute atomic E-state index is 13.1. The predicted octanol–water partition coefficient (Wildman–Crippen LogP) is 4.85. The highest BCUT2D eigenvalue weighted by Gasteiger charge is 2.13. The van der Waals surface area contributed by atoms with Gasteiger partial charge in [-0.15, -0.1) is 0 Å². The summed E-state index contributed by atoms with van der Waals surface area (Å²) < 4.78 is 20.3. The minimum atomic E-state index is -0.269. The van der Waals surface area contributed by atoms with E-state index in [9.17, 15) is 9.18 Å². The molecule has 2 aromatic heterocycles. The van der Waals surface area contributed by atoms with Gasteiger partial charge in [0.1, 0.15) is 11.6 Å². The molecule has 7 heteroatoms. The number of halogens is 1. The summed E-state index contributed by atoms with van der Waals surface area (Å²) in [4.78, 5) is 18.7. The van der Waals surface area contributed by atoms with Crippen LogP contribution in [0, 0.1) is 12.7 Å². The lowest BCUT2D eigenvalue weighted by Gasteiger charge is -2.02. The highest BCUT2D eigenvalue weighted by Crippen LogP contribution is 2.27. The summed E-state index contributed by atoms with van der Waals surface area (Å²) in [7, 11) is 1.62. The molecule has 2 aromatic carbocycles. The number of rotatable bonds is 6. The van der Waals surface area contributed by atoms with Gasteiger partial charge in [0.25, 0.3) is 0 Å². The second kappa shape index (κ2) is 8.51. The van der Waals surface area contributed by atoms with E-state index in [0.717, 1.165) is 38.1 Å². The Balaban J connectivity index is 1.41. The van der Waals surface area contributed by atoms with Gasteiger partial charge in [-0.1, -0.05) is 23.5 Å². The van der Waals surface area contributed by atoms with Crippen molar-refractivity contribution >= 4 is 28.3 Å². The standard InChI is InChI=1S/C23H20FN3O2S/c1-15-21(13-25-22(28)12-5-16-3-10-19(29-2)11-4-16)30-23-26-20(14-27(15)23)17-6-8-18(24)9-7-17/h3-12,14H,13H2,1-2H3,(H,25,28). The van der Waals surface area contributed by atoms with Gasteiger partial charge in [-0.3, -0.25) is 9.20 Å². The van der Waals surface area contributed by atoms with Crippen molar-refractivity contribution in [1.29, 1.82) is 0 Å². The van der Waals surface area contributed by atoms with E-state index in [1.807, 2.05) is 41.8 Å². The average Bonchev–Trinajstić information content (AvgIpc) is 3.31. The normalized spacial score (nSPS) is 11.3. The van der Waals surface area contributed by atoms with Gasteiger partial charge in [0.15, 0.2) is 4.96 Å². The molecule has 0 aliphatic carbocycles. The van der Waals surface area contributed by atoms with E-state index in [1.54, 1.807) is 25.3 Å². The average molecular weight is 421 g/mol. The third-order valence-electron chi connectivity index (χ3n) is 4.76. The minimum Gasteiger partial charge on any atom is -0.497 e. The first kappa shape index (κ1) is 19.8. The molecule has 30 heavy (non-hydrogen) atoms. The van der Waals surface area contributed by atoms with Crippen molar-refractivity contribution in [1.82, 2.24) is 14.7 Å². The Morgan fingerprint density at radius 1 is 1.20 bits per heavy atom. The molecule has 1 N–H and O–H groups in total. The van der Waals surface area contributed by atoms with Gasteiger partial charge in [-0.25, -0.2) is 9.37 Å². The number of fused-ring (bicyclic) bond motifs is 1. The molecule has 5 nitrogen and oxygen atoms in total. The zero-order valence-corrected chi connectivity index (χ0v) is 17.4. The van der Waals surface area contributed by atoms with Crippen molar-refractivity contribution in [3.63, 3.8) is 0 Å². The van der Waals surface area contributed by atoms with Crippen LogP contribution >= 0.6 is 11.3 Å². The second-order valence-corrected chi connectivity index (χ2v) is 7.78. The van der Waals surface area contributed by atoms with Gasteiger partial charge < -0.3 is 10.1 Å². The van der Waals surface area contributed by atoms with Gasteiger partial charge in [-0.2, -0.15) is 0 Å². The van der Waals surface area contributed by atoms with Crippen LogP contribution in [-0.2, 0) is 11.3 Å². The van der Waals surface area contributed by atoms with Gasteiger partial charge in [0.2, 0.25) is 5.91 Å². The molecular formula is C23H20FN3O2S. The number of benzene rings is 2. The first-order valence-electron chi connectivity index (χ1n) is 9.37. The van der Waals surface area contributed by atoms with E-state index in [2.05, 4.69) is 10.3 Å². The number of hydrogen-bond acceptors (Lipinski definition) is 4. The van der Waals surface area contributed by atoms with E-state index < -0.39 is 0 Å². The number of aromatic nitrogens is 2. The van der Waals surface area contributed by atoms with Crippen molar-refractivity contribution in [3.8, 4) is 17.0 Å². The van der Waals surface area contributed by atoms with E-state index in [4.69, 9.17) is 4.74 Å². The van der Waals surface area contributed by atoms with Crippen molar-refractivity contribution in [2.24, 2.45) is 0 Å². The molecule has 0 bridgehead atoms. The SMILES string of the molecule is COc1ccc(C=CC(=O)NCc2sc3nc(-c4ccc(F)cc4)cn3c2C)cc1. The lowest BCUT2D eigenvalue weighted by atomic mass is 10.2. The van der Waals surface area contributed by atoms with Crippen LogP contribution in [0.1, 0.15) is 16.1 Å². The number of carbonyl (C=O) groups is 1. The van der Waals surface area contributed by atoms with Crippen LogP contribution in [-0.4, -0.2) is 22.4 Å². The van der Waals surface area contributed by atoms with E-state index >= 15 is 0 Å². The third-order valence-corrected chi connectivity index (χ3v) is 5.92. The number of aryl methyl sites for hydroxylation is 1. The molecule has 4 rings (SSSR count). The number of nitrogens with one attached hydrogen (secondary N) is 1. The van der Waals surface area contributed by atoms with Crippen molar-refractivity contribution < 1.29 is 13.9 Å². The molecule has 4 aromatic rings. The zero-order chi connectivity index (χ0) is 21.1. The van der Waals surface area contributed by atoms with Crippen LogP contribution in [0.2, 0.25) is 0 Å². The summed E-state index contributed by atoms with van der Waals surface area (Å²) in [6.07, 6.45) is 5.21. The number of methoxy groups -OCH3 is 1. The lowest BCUT2D eigenvalue weighted by Crippen LogP contribution is -2.20. The molecule has 0 unspecified atom stereocenters. The first-order chi connectivity index (χ1) is 14.5. The fourth-order valence-corrected chi connectivity index (χ4v) is 4.07. The Labute approximate surface area is 177 Å². The van der Waals surface area contributed by atoms with E-state index in [1.165, 1.54) is 29.5 Å². The van der Waals surface area contributed by atoms with Crippen molar-refractivity contribution in [3.05, 3.63) is 82.8 Å². The Morgan fingerprint density at radius 3 is 2.60 bits per heavy atom. The van der Waals surface area contributed by atoms with Crippen LogP contribution in [0.25, 0.3) is 22.3 Å². The highest BCUT2D eigenvalue weighted by molar-refractivity contribution is 7.17. The molecular weight excluding hydrogens is 401 g/mol. The molecule has 0 spiro atoms. The van der Waals surface area contributed by atoms with Gasteiger partial charge in [0, 0.05) is 28.4 Å². The third kappa shape index (κ3) is 4.26. The summed E-state index contributed by atoms with van der Waals surface area (Å²) in [5.41, 5.74) is 3.60. The lowest BCUT2D eigenvalue weighted by molar-refractivity contribution is -0.116. The molecule has 2 heterocycles. The number of thiazole rings is 1. The summed E-state index contributed by atoms with van der Waals surface area (Å²) in [5.74, 6) is 0.343. The smallest absolute Gasteiger partial charge is 0.244 e. The quantitative estimate of drug-likeness (QED) is 0.453. The van der Waals surface area contributed by atoms with Crippen LogP contribution in [0.15, 0.2) is 60.8 Å². The minimum absolute atomic E-state index is 0.164. The Kier molecular flexibility index (Phi) is 5.63. The fraction of sp³-hybridized carbons (Fsp3) is 0.130. The molecule has 0 atom stereocenters. The fourth-order valence-electron chi connectivity index (χ4n) is 3.03. The van der Waals surface area contributed by atoms with Crippen LogP contribution in [0.3, 0.4) is 0 Å². The largest absolute Gasteiger partial charge is 0.497 e.